The lowest BCUT2D eigenvalue weighted by Crippen LogP contribution is -2.28. The molecular formula is C47H30N4. The van der Waals surface area contributed by atoms with E-state index in [0.29, 0.717) is 23.0 Å². The Morgan fingerprint density at radius 1 is 0.373 bits per heavy atom. The third-order valence-electron chi connectivity index (χ3n) is 9.83. The third kappa shape index (κ3) is 5.12. The van der Waals surface area contributed by atoms with Crippen molar-refractivity contribution in [3.8, 4) is 62.5 Å². The highest BCUT2D eigenvalue weighted by atomic mass is 15.0. The van der Waals surface area contributed by atoms with Crippen LogP contribution in [-0.2, 0) is 5.41 Å². The average Bonchev–Trinajstić information content (AvgIpc) is 3.51. The second-order valence-electron chi connectivity index (χ2n) is 12.7. The lowest BCUT2D eigenvalue weighted by molar-refractivity contribution is 0.769. The van der Waals surface area contributed by atoms with Gasteiger partial charge in [0.05, 0.1) is 17.0 Å². The van der Waals surface area contributed by atoms with Gasteiger partial charge in [-0.05, 0) is 68.8 Å². The number of hydrogen-bond donors (Lipinski definition) is 0. The number of nitriles is 1. The lowest BCUT2D eigenvalue weighted by Gasteiger charge is -2.34. The van der Waals surface area contributed by atoms with Gasteiger partial charge in [-0.25, -0.2) is 15.0 Å². The van der Waals surface area contributed by atoms with Crippen molar-refractivity contribution < 1.29 is 0 Å². The monoisotopic (exact) mass is 650 g/mol. The Bertz CT molecular complexity index is 2480. The zero-order valence-electron chi connectivity index (χ0n) is 27.6. The minimum atomic E-state index is -0.635. The van der Waals surface area contributed by atoms with Crippen molar-refractivity contribution in [2.75, 3.05) is 0 Å². The predicted molar refractivity (Wildman–Crippen MR) is 204 cm³/mol. The maximum atomic E-state index is 9.68. The molecule has 4 heteroatoms. The second kappa shape index (κ2) is 12.5. The molecule has 8 aromatic rings. The molecule has 238 valence electrons. The Labute approximate surface area is 297 Å². The molecule has 0 spiro atoms. The minimum absolute atomic E-state index is 0.616. The summed E-state index contributed by atoms with van der Waals surface area (Å²) < 4.78 is 0. The number of hydrogen-bond acceptors (Lipinski definition) is 4. The number of fused-ring (bicyclic) bond motifs is 3. The van der Waals surface area contributed by atoms with Crippen molar-refractivity contribution in [3.63, 3.8) is 0 Å². The van der Waals surface area contributed by atoms with Gasteiger partial charge < -0.3 is 0 Å². The SMILES string of the molecule is N#Cc1cccc(-c2ccc3c(c2)C(c2ccccc2)(c2ccccc2)c2cc(-c4nc(-c5ccccc5)nc(-c5ccccc5)n4)ccc2-3)c1. The number of benzene rings is 7. The summed E-state index contributed by atoms with van der Waals surface area (Å²) in [6.45, 7) is 0. The third-order valence-corrected chi connectivity index (χ3v) is 9.83. The molecular weight excluding hydrogens is 621 g/mol. The molecule has 0 aliphatic heterocycles. The number of aromatic nitrogens is 3. The lowest BCUT2D eigenvalue weighted by atomic mass is 9.67. The van der Waals surface area contributed by atoms with Gasteiger partial charge in [0.25, 0.3) is 0 Å². The Hall–Kier alpha value is -6.96. The first-order chi connectivity index (χ1) is 25.2. The van der Waals surface area contributed by atoms with E-state index < -0.39 is 5.41 Å². The highest BCUT2D eigenvalue weighted by Crippen LogP contribution is 2.57. The Balaban J connectivity index is 1.32. The van der Waals surface area contributed by atoms with Crippen LogP contribution in [0.4, 0.5) is 0 Å². The summed E-state index contributed by atoms with van der Waals surface area (Å²) in [5.41, 5.74) is 11.9. The molecule has 0 atom stereocenters. The van der Waals surface area contributed by atoms with Crippen LogP contribution in [0, 0.1) is 11.3 Å². The van der Waals surface area contributed by atoms with Crippen LogP contribution >= 0.6 is 0 Å². The molecule has 9 rings (SSSR count). The highest BCUT2D eigenvalue weighted by Gasteiger charge is 2.46. The Morgan fingerprint density at radius 2 is 0.784 bits per heavy atom. The highest BCUT2D eigenvalue weighted by molar-refractivity contribution is 5.90. The number of rotatable bonds is 6. The van der Waals surface area contributed by atoms with Crippen molar-refractivity contribution in [2.24, 2.45) is 0 Å². The summed E-state index contributed by atoms with van der Waals surface area (Å²) in [5.74, 6) is 1.88. The fourth-order valence-electron chi connectivity index (χ4n) is 7.51. The molecule has 0 fully saturated rings. The molecule has 0 saturated heterocycles. The van der Waals surface area contributed by atoms with E-state index in [1.807, 2.05) is 78.9 Å². The van der Waals surface area contributed by atoms with Gasteiger partial charge in [-0.2, -0.15) is 5.26 Å². The molecule has 4 nitrogen and oxygen atoms in total. The Kier molecular flexibility index (Phi) is 7.38. The zero-order chi connectivity index (χ0) is 34.2. The van der Waals surface area contributed by atoms with Gasteiger partial charge in [0, 0.05) is 16.7 Å². The van der Waals surface area contributed by atoms with E-state index in [1.165, 1.54) is 33.4 Å². The van der Waals surface area contributed by atoms with Gasteiger partial charge in [-0.3, -0.25) is 0 Å². The van der Waals surface area contributed by atoms with E-state index in [1.54, 1.807) is 0 Å². The summed E-state index contributed by atoms with van der Waals surface area (Å²) in [6.07, 6.45) is 0. The van der Waals surface area contributed by atoms with E-state index >= 15 is 0 Å². The molecule has 1 aliphatic carbocycles. The standard InChI is InChI=1S/C47H30N4/c48-31-32-14-13-19-35(28-32)36-24-26-40-41-27-25-37(46-50-44(33-15-5-1-6-16-33)49-45(51-46)34-17-7-2-8-18-34)30-43(41)47(42(40)29-36,38-20-9-3-10-21-38)39-22-11-4-12-23-39/h1-30H. The van der Waals surface area contributed by atoms with Crippen molar-refractivity contribution in [1.82, 2.24) is 15.0 Å². The van der Waals surface area contributed by atoms with Crippen LogP contribution in [-0.4, -0.2) is 15.0 Å². The summed E-state index contributed by atoms with van der Waals surface area (Å²) >= 11 is 0. The van der Waals surface area contributed by atoms with Crippen LogP contribution in [0.1, 0.15) is 27.8 Å². The van der Waals surface area contributed by atoms with Gasteiger partial charge >= 0.3 is 0 Å². The van der Waals surface area contributed by atoms with Crippen LogP contribution < -0.4 is 0 Å². The second-order valence-corrected chi connectivity index (χ2v) is 12.7. The zero-order valence-corrected chi connectivity index (χ0v) is 27.6. The van der Waals surface area contributed by atoms with Gasteiger partial charge in [0.15, 0.2) is 17.5 Å². The maximum absolute atomic E-state index is 9.68. The van der Waals surface area contributed by atoms with E-state index in [9.17, 15) is 5.26 Å². The average molecular weight is 651 g/mol. The van der Waals surface area contributed by atoms with Crippen LogP contribution in [0.25, 0.3) is 56.4 Å². The van der Waals surface area contributed by atoms with Crippen LogP contribution in [0.15, 0.2) is 182 Å². The normalized spacial score (nSPS) is 12.5. The van der Waals surface area contributed by atoms with Crippen LogP contribution in [0.5, 0.6) is 0 Å². The molecule has 1 aliphatic rings. The Morgan fingerprint density at radius 3 is 1.29 bits per heavy atom. The van der Waals surface area contributed by atoms with Crippen molar-refractivity contribution in [2.45, 2.75) is 5.41 Å². The number of nitrogens with zero attached hydrogens (tertiary/aromatic N) is 4. The first kappa shape index (κ1) is 30.1. The quantitative estimate of drug-likeness (QED) is 0.180. The first-order valence-corrected chi connectivity index (χ1v) is 17.0. The van der Waals surface area contributed by atoms with Gasteiger partial charge in [0.1, 0.15) is 0 Å². The largest absolute Gasteiger partial charge is 0.208 e. The fraction of sp³-hybridized carbons (Fsp3) is 0.0213. The van der Waals surface area contributed by atoms with Crippen LogP contribution in [0.2, 0.25) is 0 Å². The molecule has 1 heterocycles. The van der Waals surface area contributed by atoms with Crippen molar-refractivity contribution >= 4 is 0 Å². The van der Waals surface area contributed by atoms with Crippen molar-refractivity contribution in [1.29, 1.82) is 5.26 Å². The summed E-state index contributed by atoms with van der Waals surface area (Å²) in [5, 5.41) is 9.68. The topological polar surface area (TPSA) is 62.5 Å². The predicted octanol–water partition coefficient (Wildman–Crippen LogP) is 10.8. The van der Waals surface area contributed by atoms with Gasteiger partial charge in [-0.1, -0.05) is 158 Å². The van der Waals surface area contributed by atoms with E-state index in [0.717, 1.165) is 27.8 Å². The molecule has 1 aromatic heterocycles. The molecule has 0 amide bonds. The summed E-state index contributed by atoms with van der Waals surface area (Å²) in [6, 6.07) is 65.2. The smallest absolute Gasteiger partial charge is 0.164 e. The molecule has 7 aromatic carbocycles. The van der Waals surface area contributed by atoms with E-state index in [-0.39, 0.29) is 0 Å². The van der Waals surface area contributed by atoms with Gasteiger partial charge in [0.2, 0.25) is 0 Å². The van der Waals surface area contributed by atoms with Gasteiger partial charge in [-0.15, -0.1) is 0 Å². The molecule has 0 saturated carbocycles. The summed E-state index contributed by atoms with van der Waals surface area (Å²) in [7, 11) is 0. The molecule has 51 heavy (non-hydrogen) atoms. The fourth-order valence-corrected chi connectivity index (χ4v) is 7.51. The minimum Gasteiger partial charge on any atom is -0.208 e. The van der Waals surface area contributed by atoms with Crippen molar-refractivity contribution in [3.05, 3.63) is 210 Å². The molecule has 0 radical (unpaired) electrons. The molecule has 0 bridgehead atoms. The van der Waals surface area contributed by atoms with Crippen LogP contribution in [0.3, 0.4) is 0 Å². The van der Waals surface area contributed by atoms with E-state index in [4.69, 9.17) is 15.0 Å². The molecule has 0 unspecified atom stereocenters. The summed E-state index contributed by atoms with van der Waals surface area (Å²) in [4.78, 5) is 15.1. The maximum Gasteiger partial charge on any atom is 0.164 e. The first-order valence-electron chi connectivity index (χ1n) is 17.0. The molecule has 0 N–H and O–H groups in total. The van der Waals surface area contributed by atoms with E-state index in [2.05, 4.69) is 109 Å².